The van der Waals surface area contributed by atoms with Crippen molar-refractivity contribution in [2.45, 2.75) is 33.1 Å². The number of hydrogen-bond acceptors (Lipinski definition) is 4. The fraction of sp³-hybridized carbons (Fsp3) is 0.333. The summed E-state index contributed by atoms with van der Waals surface area (Å²) >= 11 is 0. The van der Waals surface area contributed by atoms with Gasteiger partial charge in [0.2, 0.25) is 0 Å². The molecule has 5 heteroatoms. The van der Waals surface area contributed by atoms with E-state index in [1.807, 2.05) is 25.1 Å². The minimum absolute atomic E-state index is 0.100. The summed E-state index contributed by atoms with van der Waals surface area (Å²) in [5.74, 6) is -0.160. The Kier molecular flexibility index (Phi) is 6.03. The monoisotopic (exact) mass is 355 g/mol. The molecule has 2 aromatic rings. The molecule has 0 spiro atoms. The first-order valence-corrected chi connectivity index (χ1v) is 8.43. The summed E-state index contributed by atoms with van der Waals surface area (Å²) in [5, 5.41) is 2.70. The smallest absolute Gasteiger partial charge is 0.339 e. The average Bonchev–Trinajstić information content (AvgIpc) is 2.58. The van der Waals surface area contributed by atoms with Gasteiger partial charge in [0.05, 0.1) is 18.4 Å². The Morgan fingerprint density at radius 2 is 1.77 bits per heavy atom. The number of benzene rings is 2. The zero-order chi connectivity index (χ0) is 19.3. The van der Waals surface area contributed by atoms with Crippen LogP contribution in [0.2, 0.25) is 0 Å². The number of nitrogens with one attached hydrogen (secondary N) is 1. The summed E-state index contributed by atoms with van der Waals surface area (Å²) in [6.45, 7) is 8.11. The summed E-state index contributed by atoms with van der Waals surface area (Å²) in [5.41, 5.74) is 2.69. The van der Waals surface area contributed by atoms with Gasteiger partial charge in [0.25, 0.3) is 5.91 Å². The number of aryl methyl sites for hydroxylation is 1. The Labute approximate surface area is 154 Å². The van der Waals surface area contributed by atoms with Gasteiger partial charge in [0, 0.05) is 0 Å². The lowest BCUT2D eigenvalue weighted by Gasteiger charge is -2.23. The van der Waals surface area contributed by atoms with Crippen molar-refractivity contribution >= 4 is 17.6 Å². The standard InChI is InChI=1S/C21H25NO4/c1-14-10-11-16(21(2,3)4)18(12-14)26-13-19(23)22-17-9-7-6-8-15(17)20(24)25-5/h6-12H,13H2,1-5H3,(H,22,23). The first-order valence-electron chi connectivity index (χ1n) is 8.43. The molecule has 1 N–H and O–H groups in total. The highest BCUT2D eigenvalue weighted by atomic mass is 16.5. The van der Waals surface area contributed by atoms with E-state index in [9.17, 15) is 9.59 Å². The highest BCUT2D eigenvalue weighted by molar-refractivity contribution is 6.01. The molecule has 0 saturated heterocycles. The van der Waals surface area contributed by atoms with Crippen LogP contribution in [0.25, 0.3) is 0 Å². The van der Waals surface area contributed by atoms with Gasteiger partial charge >= 0.3 is 5.97 Å². The third kappa shape index (κ3) is 4.85. The van der Waals surface area contributed by atoms with Gasteiger partial charge < -0.3 is 14.8 Å². The predicted molar refractivity (Wildman–Crippen MR) is 102 cm³/mol. The lowest BCUT2D eigenvalue weighted by atomic mass is 9.86. The fourth-order valence-electron chi connectivity index (χ4n) is 2.58. The number of hydrogen-bond donors (Lipinski definition) is 1. The number of rotatable bonds is 5. The highest BCUT2D eigenvalue weighted by Crippen LogP contribution is 2.32. The first kappa shape index (κ1) is 19.5. The number of carbonyl (C=O) groups excluding carboxylic acids is 2. The van der Waals surface area contributed by atoms with Gasteiger partial charge in [-0.25, -0.2) is 4.79 Å². The number of ether oxygens (including phenoxy) is 2. The normalized spacial score (nSPS) is 11.0. The second-order valence-electron chi connectivity index (χ2n) is 7.12. The molecule has 0 fully saturated rings. The third-order valence-electron chi connectivity index (χ3n) is 3.91. The molecule has 1 amide bonds. The maximum atomic E-state index is 12.3. The van der Waals surface area contributed by atoms with E-state index in [1.54, 1.807) is 24.3 Å². The first-order chi connectivity index (χ1) is 12.2. The van der Waals surface area contributed by atoms with Gasteiger partial charge in [-0.2, -0.15) is 0 Å². The van der Waals surface area contributed by atoms with E-state index in [0.29, 0.717) is 17.0 Å². The largest absolute Gasteiger partial charge is 0.483 e. The van der Waals surface area contributed by atoms with Crippen molar-refractivity contribution in [1.29, 1.82) is 0 Å². The molecule has 0 bridgehead atoms. The molecular weight excluding hydrogens is 330 g/mol. The molecule has 0 aromatic heterocycles. The van der Waals surface area contributed by atoms with E-state index in [-0.39, 0.29) is 17.9 Å². The molecule has 5 nitrogen and oxygen atoms in total. The summed E-state index contributed by atoms with van der Waals surface area (Å²) in [6.07, 6.45) is 0. The summed E-state index contributed by atoms with van der Waals surface area (Å²) in [4.78, 5) is 24.1. The predicted octanol–water partition coefficient (Wildman–Crippen LogP) is 4.10. The van der Waals surface area contributed by atoms with Crippen LogP contribution in [0.4, 0.5) is 5.69 Å². The molecule has 0 atom stereocenters. The van der Waals surface area contributed by atoms with E-state index in [1.165, 1.54) is 7.11 Å². The van der Waals surface area contributed by atoms with Gasteiger partial charge in [-0.1, -0.05) is 45.0 Å². The second kappa shape index (κ2) is 8.04. The van der Waals surface area contributed by atoms with Crippen molar-refractivity contribution in [2.24, 2.45) is 0 Å². The maximum Gasteiger partial charge on any atom is 0.339 e. The number of anilines is 1. The third-order valence-corrected chi connectivity index (χ3v) is 3.91. The Morgan fingerprint density at radius 1 is 1.08 bits per heavy atom. The number of esters is 1. The molecular formula is C21H25NO4. The van der Waals surface area contributed by atoms with Crippen LogP contribution >= 0.6 is 0 Å². The number of amides is 1. The minimum Gasteiger partial charge on any atom is -0.483 e. The van der Waals surface area contributed by atoms with Crippen LogP contribution < -0.4 is 10.1 Å². The molecule has 0 aliphatic carbocycles. The van der Waals surface area contributed by atoms with Crippen LogP contribution in [-0.2, 0) is 14.9 Å². The molecule has 138 valence electrons. The SMILES string of the molecule is COC(=O)c1ccccc1NC(=O)COc1cc(C)ccc1C(C)(C)C. The van der Waals surface area contributed by atoms with Crippen molar-refractivity contribution in [2.75, 3.05) is 19.0 Å². The average molecular weight is 355 g/mol. The van der Waals surface area contributed by atoms with E-state index < -0.39 is 5.97 Å². The van der Waals surface area contributed by atoms with Crippen molar-refractivity contribution < 1.29 is 19.1 Å². The van der Waals surface area contributed by atoms with Gasteiger partial charge in [-0.05, 0) is 41.7 Å². The summed E-state index contributed by atoms with van der Waals surface area (Å²) in [6, 6.07) is 12.7. The molecule has 2 rings (SSSR count). The van der Waals surface area contributed by atoms with Crippen LogP contribution in [0.15, 0.2) is 42.5 Å². The Balaban J connectivity index is 2.12. The van der Waals surface area contributed by atoms with Crippen LogP contribution in [-0.4, -0.2) is 25.6 Å². The van der Waals surface area contributed by atoms with Crippen molar-refractivity contribution in [3.8, 4) is 5.75 Å². The number of carbonyl (C=O) groups is 2. The molecule has 0 aliphatic heterocycles. The molecule has 0 saturated carbocycles. The van der Waals surface area contributed by atoms with E-state index in [2.05, 4.69) is 26.1 Å². The molecule has 2 aromatic carbocycles. The highest BCUT2D eigenvalue weighted by Gasteiger charge is 2.20. The van der Waals surface area contributed by atoms with Crippen LogP contribution in [0.3, 0.4) is 0 Å². The topological polar surface area (TPSA) is 64.6 Å². The summed E-state index contributed by atoms with van der Waals surface area (Å²) in [7, 11) is 1.30. The fourth-order valence-corrected chi connectivity index (χ4v) is 2.58. The molecule has 0 aliphatic rings. The molecule has 0 unspecified atom stereocenters. The lowest BCUT2D eigenvalue weighted by Crippen LogP contribution is -2.23. The van der Waals surface area contributed by atoms with Crippen molar-refractivity contribution in [1.82, 2.24) is 0 Å². The second-order valence-corrected chi connectivity index (χ2v) is 7.12. The molecule has 26 heavy (non-hydrogen) atoms. The van der Waals surface area contributed by atoms with Gasteiger partial charge in [0.15, 0.2) is 6.61 Å². The molecule has 0 heterocycles. The zero-order valence-corrected chi connectivity index (χ0v) is 15.9. The van der Waals surface area contributed by atoms with Crippen molar-refractivity contribution in [3.63, 3.8) is 0 Å². The quantitative estimate of drug-likeness (QED) is 0.820. The minimum atomic E-state index is -0.504. The number of methoxy groups -OCH3 is 1. The van der Waals surface area contributed by atoms with E-state index >= 15 is 0 Å². The van der Waals surface area contributed by atoms with Gasteiger partial charge in [-0.3, -0.25) is 4.79 Å². The van der Waals surface area contributed by atoms with Crippen LogP contribution in [0, 0.1) is 6.92 Å². The van der Waals surface area contributed by atoms with Gasteiger partial charge in [-0.15, -0.1) is 0 Å². The number of para-hydroxylation sites is 1. The zero-order valence-electron chi connectivity index (χ0n) is 15.9. The van der Waals surface area contributed by atoms with Crippen LogP contribution in [0.5, 0.6) is 5.75 Å². The Bertz CT molecular complexity index is 806. The van der Waals surface area contributed by atoms with Gasteiger partial charge in [0.1, 0.15) is 5.75 Å². The summed E-state index contributed by atoms with van der Waals surface area (Å²) < 4.78 is 10.5. The Morgan fingerprint density at radius 3 is 2.42 bits per heavy atom. The van der Waals surface area contributed by atoms with Crippen molar-refractivity contribution in [3.05, 3.63) is 59.2 Å². The maximum absolute atomic E-state index is 12.3. The Hall–Kier alpha value is -2.82. The van der Waals surface area contributed by atoms with E-state index in [0.717, 1.165) is 11.1 Å². The van der Waals surface area contributed by atoms with Crippen LogP contribution in [0.1, 0.15) is 42.3 Å². The molecule has 0 radical (unpaired) electrons. The van der Waals surface area contributed by atoms with E-state index in [4.69, 9.17) is 9.47 Å². The lowest BCUT2D eigenvalue weighted by molar-refractivity contribution is -0.118.